The Labute approximate surface area is 134 Å². The predicted octanol–water partition coefficient (Wildman–Crippen LogP) is 2.46. The molecule has 0 saturated carbocycles. The highest BCUT2D eigenvalue weighted by Crippen LogP contribution is 2.29. The summed E-state index contributed by atoms with van der Waals surface area (Å²) in [6, 6.07) is 0. The number of aryl methyl sites for hydroxylation is 1. The summed E-state index contributed by atoms with van der Waals surface area (Å²) in [4.78, 5) is 8.50. The number of aromatic nitrogens is 4. The Bertz CT molecular complexity index is 682. The van der Waals surface area contributed by atoms with Crippen molar-refractivity contribution in [3.63, 3.8) is 0 Å². The van der Waals surface area contributed by atoms with E-state index in [0.717, 1.165) is 31.1 Å². The van der Waals surface area contributed by atoms with Crippen molar-refractivity contribution in [3.8, 4) is 0 Å². The number of hydrogen-bond donors (Lipinski definition) is 2. The number of nitrogens with zero attached hydrogens (tertiary/aromatic N) is 4. The van der Waals surface area contributed by atoms with Crippen LogP contribution in [0.3, 0.4) is 0 Å². The van der Waals surface area contributed by atoms with Crippen LogP contribution in [-0.2, 0) is 11.3 Å². The molecule has 3 rings (SSSR count). The smallest absolute Gasteiger partial charge is 0.229 e. The molecule has 0 bridgehead atoms. The van der Waals surface area contributed by atoms with Gasteiger partial charge in [0.1, 0.15) is 10.8 Å². The number of hydrogen-bond acceptors (Lipinski definition) is 6. The monoisotopic (exact) mass is 322 g/mol. The Kier molecular flexibility index (Phi) is 3.92. The average molecular weight is 323 g/mol. The minimum absolute atomic E-state index is 0.172. The third-order valence-electron chi connectivity index (χ3n) is 3.62. The molecule has 0 atom stereocenters. The molecule has 2 aromatic heterocycles. The van der Waals surface area contributed by atoms with Gasteiger partial charge in [0, 0.05) is 18.7 Å². The van der Waals surface area contributed by atoms with Gasteiger partial charge >= 0.3 is 0 Å². The highest BCUT2D eigenvalue weighted by atomic mass is 35.5. The molecule has 0 radical (unpaired) electrons. The van der Waals surface area contributed by atoms with Crippen molar-refractivity contribution in [1.82, 2.24) is 19.7 Å². The number of halogens is 1. The molecule has 118 valence electrons. The average Bonchev–Trinajstić information content (AvgIpc) is 2.79. The number of nitrogens with one attached hydrogen (secondary N) is 2. The van der Waals surface area contributed by atoms with Crippen molar-refractivity contribution < 1.29 is 4.74 Å². The zero-order chi connectivity index (χ0) is 15.7. The van der Waals surface area contributed by atoms with Crippen LogP contribution in [0.5, 0.6) is 0 Å². The lowest BCUT2D eigenvalue weighted by molar-refractivity contribution is -0.111. The fourth-order valence-corrected chi connectivity index (χ4v) is 2.56. The van der Waals surface area contributed by atoms with Gasteiger partial charge in [-0.2, -0.15) is 10.1 Å². The molecular formula is C14H19ClN6O. The van der Waals surface area contributed by atoms with Crippen LogP contribution >= 0.6 is 11.6 Å². The van der Waals surface area contributed by atoms with Gasteiger partial charge in [0.25, 0.3) is 0 Å². The molecule has 7 nitrogen and oxygen atoms in total. The maximum Gasteiger partial charge on any atom is 0.229 e. The first-order valence-electron chi connectivity index (χ1n) is 7.08. The lowest BCUT2D eigenvalue weighted by Gasteiger charge is -2.37. The van der Waals surface area contributed by atoms with Crippen molar-refractivity contribution in [3.05, 3.63) is 23.1 Å². The first-order valence-corrected chi connectivity index (χ1v) is 7.46. The Morgan fingerprint density at radius 2 is 2.23 bits per heavy atom. The van der Waals surface area contributed by atoms with Crippen molar-refractivity contribution in [1.29, 1.82) is 0 Å². The summed E-state index contributed by atoms with van der Waals surface area (Å²) >= 11 is 5.99. The molecule has 1 aliphatic heterocycles. The van der Waals surface area contributed by atoms with Crippen molar-refractivity contribution >= 4 is 29.1 Å². The summed E-state index contributed by atoms with van der Waals surface area (Å²) in [5.74, 6) is 1.07. The van der Waals surface area contributed by atoms with Gasteiger partial charge in [-0.15, -0.1) is 0 Å². The molecule has 0 amide bonds. The Morgan fingerprint density at radius 3 is 2.86 bits per heavy atom. The molecule has 1 saturated heterocycles. The Hall–Kier alpha value is -1.86. The van der Waals surface area contributed by atoms with E-state index in [4.69, 9.17) is 16.3 Å². The normalized spacial score (nSPS) is 16.2. The van der Waals surface area contributed by atoms with Gasteiger partial charge in [-0.3, -0.25) is 4.68 Å². The van der Waals surface area contributed by atoms with Gasteiger partial charge in [0.05, 0.1) is 37.3 Å². The van der Waals surface area contributed by atoms with Gasteiger partial charge in [-0.25, -0.2) is 4.98 Å². The van der Waals surface area contributed by atoms with E-state index in [9.17, 15) is 0 Å². The third kappa shape index (κ3) is 3.00. The van der Waals surface area contributed by atoms with Crippen LogP contribution in [0.15, 0.2) is 12.4 Å². The summed E-state index contributed by atoms with van der Waals surface area (Å²) in [6.45, 7) is 6.54. The number of ether oxygens (including phenoxy) is 1. The van der Waals surface area contributed by atoms with E-state index in [1.165, 1.54) is 0 Å². The largest absolute Gasteiger partial charge is 0.380 e. The first kappa shape index (κ1) is 15.1. The highest BCUT2D eigenvalue weighted by Gasteiger charge is 2.34. The van der Waals surface area contributed by atoms with Gasteiger partial charge in [-0.05, 0) is 6.92 Å². The van der Waals surface area contributed by atoms with E-state index in [2.05, 4.69) is 32.6 Å². The molecular weight excluding hydrogens is 304 g/mol. The van der Waals surface area contributed by atoms with Crippen molar-refractivity contribution in [2.45, 2.75) is 20.4 Å². The van der Waals surface area contributed by atoms with E-state index in [1.54, 1.807) is 13.2 Å². The molecule has 0 aromatic carbocycles. The molecule has 0 spiro atoms. The zero-order valence-electron chi connectivity index (χ0n) is 12.9. The third-order valence-corrected chi connectivity index (χ3v) is 3.90. The van der Waals surface area contributed by atoms with Gasteiger partial charge in [0.2, 0.25) is 5.95 Å². The van der Waals surface area contributed by atoms with E-state index in [1.807, 2.05) is 17.8 Å². The predicted molar refractivity (Wildman–Crippen MR) is 85.8 cm³/mol. The second-order valence-electron chi connectivity index (χ2n) is 5.89. The lowest BCUT2D eigenvalue weighted by atomic mass is 9.89. The topological polar surface area (TPSA) is 76.9 Å². The van der Waals surface area contributed by atoms with Crippen LogP contribution in [0.25, 0.3) is 0 Å². The minimum Gasteiger partial charge on any atom is -0.380 e. The molecule has 0 aliphatic carbocycles. The van der Waals surface area contributed by atoms with E-state index in [-0.39, 0.29) is 5.41 Å². The van der Waals surface area contributed by atoms with Gasteiger partial charge < -0.3 is 15.4 Å². The van der Waals surface area contributed by atoms with E-state index >= 15 is 0 Å². The van der Waals surface area contributed by atoms with Gasteiger partial charge in [-0.1, -0.05) is 18.5 Å². The molecule has 2 aromatic rings. The molecule has 2 N–H and O–H groups in total. The Morgan fingerprint density at radius 1 is 1.45 bits per heavy atom. The first-order chi connectivity index (χ1) is 10.5. The van der Waals surface area contributed by atoms with Gasteiger partial charge in [0.15, 0.2) is 0 Å². The summed E-state index contributed by atoms with van der Waals surface area (Å²) in [7, 11) is 1.77. The summed E-state index contributed by atoms with van der Waals surface area (Å²) < 4.78 is 7.22. The molecule has 0 unspecified atom stereocenters. The number of rotatable bonds is 5. The molecule has 1 aliphatic rings. The Balaban J connectivity index is 1.76. The lowest BCUT2D eigenvalue weighted by Crippen LogP contribution is -2.43. The van der Waals surface area contributed by atoms with Crippen molar-refractivity contribution in [2.75, 3.05) is 30.9 Å². The second kappa shape index (κ2) is 5.73. The standard InChI is InChI=1S/C14H19ClN6O/c1-9-11(5-21(20-9)6-14(2)7-22-8-14)18-13-17-4-10(15)12(16-3)19-13/h4-5H,6-8H2,1-3H3,(H2,16,17,18,19). The highest BCUT2D eigenvalue weighted by molar-refractivity contribution is 6.32. The van der Waals surface area contributed by atoms with Crippen LogP contribution in [0.4, 0.5) is 17.5 Å². The molecule has 22 heavy (non-hydrogen) atoms. The van der Waals surface area contributed by atoms with Crippen LogP contribution in [0.1, 0.15) is 12.6 Å². The molecule has 3 heterocycles. The molecule has 8 heteroatoms. The van der Waals surface area contributed by atoms with Crippen LogP contribution in [0, 0.1) is 12.3 Å². The zero-order valence-corrected chi connectivity index (χ0v) is 13.6. The fraction of sp³-hybridized carbons (Fsp3) is 0.500. The van der Waals surface area contributed by atoms with Crippen LogP contribution < -0.4 is 10.6 Å². The maximum atomic E-state index is 5.99. The quantitative estimate of drug-likeness (QED) is 0.880. The summed E-state index contributed by atoms with van der Waals surface area (Å²) in [5, 5.41) is 11.1. The van der Waals surface area contributed by atoms with Crippen LogP contribution in [0.2, 0.25) is 5.02 Å². The summed E-state index contributed by atoms with van der Waals surface area (Å²) in [6.07, 6.45) is 3.53. The van der Waals surface area contributed by atoms with E-state index in [0.29, 0.717) is 16.8 Å². The fourth-order valence-electron chi connectivity index (χ4n) is 2.38. The summed E-state index contributed by atoms with van der Waals surface area (Å²) in [5.41, 5.74) is 1.95. The van der Waals surface area contributed by atoms with Crippen LogP contribution in [-0.4, -0.2) is 40.0 Å². The SMILES string of the molecule is CNc1nc(Nc2cn(CC3(C)COC3)nc2C)ncc1Cl. The molecule has 1 fully saturated rings. The minimum atomic E-state index is 0.172. The van der Waals surface area contributed by atoms with E-state index < -0.39 is 0 Å². The maximum absolute atomic E-state index is 5.99. The number of anilines is 3. The second-order valence-corrected chi connectivity index (χ2v) is 6.30. The van der Waals surface area contributed by atoms with Crippen molar-refractivity contribution in [2.24, 2.45) is 5.41 Å².